The lowest BCUT2D eigenvalue weighted by atomic mass is 10.1. The van der Waals surface area contributed by atoms with E-state index in [1.807, 2.05) is 55.6 Å². The molecule has 0 saturated carbocycles. The molecule has 0 aliphatic heterocycles. The van der Waals surface area contributed by atoms with Crippen LogP contribution in [0.15, 0.2) is 46.9 Å². The number of aryl methyl sites for hydroxylation is 1. The van der Waals surface area contributed by atoms with Crippen molar-refractivity contribution in [2.45, 2.75) is 30.8 Å². The smallest absolute Gasteiger partial charge is 0.233 e. The Morgan fingerprint density at radius 2 is 2.08 bits per heavy atom. The predicted molar refractivity (Wildman–Crippen MR) is 102 cm³/mol. The number of carbonyl (C=O) groups excluding carboxylic acids is 1. The monoisotopic (exact) mass is 373 g/mol. The molecule has 0 spiro atoms. The molecular formula is C17H19N5OS2. The quantitative estimate of drug-likeness (QED) is 0.513. The Morgan fingerprint density at radius 3 is 2.76 bits per heavy atom. The fourth-order valence-electron chi connectivity index (χ4n) is 2.20. The van der Waals surface area contributed by atoms with Crippen LogP contribution in [0.1, 0.15) is 17.4 Å². The van der Waals surface area contributed by atoms with Crippen LogP contribution < -0.4 is 11.2 Å². The third-order valence-electron chi connectivity index (χ3n) is 3.64. The van der Waals surface area contributed by atoms with Gasteiger partial charge in [-0.15, -0.1) is 21.5 Å². The maximum atomic E-state index is 12.2. The number of thioether (sulfide) groups is 1. The summed E-state index contributed by atoms with van der Waals surface area (Å²) in [7, 11) is 0. The third-order valence-corrected chi connectivity index (χ3v) is 5.58. The molecule has 2 heterocycles. The van der Waals surface area contributed by atoms with Crippen LogP contribution in [0.2, 0.25) is 0 Å². The van der Waals surface area contributed by atoms with E-state index in [1.54, 1.807) is 11.3 Å². The molecule has 3 N–H and O–H groups in total. The van der Waals surface area contributed by atoms with Gasteiger partial charge in [0.15, 0.2) is 5.82 Å². The number of nitrogens with two attached hydrogens (primary N) is 1. The van der Waals surface area contributed by atoms with Gasteiger partial charge in [-0.3, -0.25) is 4.79 Å². The van der Waals surface area contributed by atoms with Crippen molar-refractivity contribution in [1.82, 2.24) is 20.2 Å². The topological polar surface area (TPSA) is 85.8 Å². The molecule has 130 valence electrons. The van der Waals surface area contributed by atoms with E-state index >= 15 is 0 Å². The summed E-state index contributed by atoms with van der Waals surface area (Å²) < 4.78 is 1.43. The second-order valence-electron chi connectivity index (χ2n) is 5.60. The summed E-state index contributed by atoms with van der Waals surface area (Å²) in [5, 5.41) is 13.4. The minimum absolute atomic E-state index is 0.0571. The lowest BCUT2D eigenvalue weighted by molar-refractivity contribution is -0.120. The van der Waals surface area contributed by atoms with Gasteiger partial charge < -0.3 is 11.2 Å². The van der Waals surface area contributed by atoms with Crippen molar-refractivity contribution in [2.75, 3.05) is 5.84 Å². The standard InChI is InChI=1S/C17H19N5OS2/c1-11-5-7-13(8-6-11)15-20-21-17(22(15)18)25-12(2)16(23)19-10-14-4-3-9-24-14/h3-9,12H,10,18H2,1-2H3,(H,19,23)/t12-/m0/s1. The lowest BCUT2D eigenvalue weighted by Gasteiger charge is -2.11. The fraction of sp³-hybridized carbons (Fsp3) is 0.235. The molecule has 3 aromatic rings. The summed E-state index contributed by atoms with van der Waals surface area (Å²) in [5.74, 6) is 6.63. The summed E-state index contributed by atoms with van der Waals surface area (Å²) in [6.45, 7) is 4.38. The number of benzene rings is 1. The Balaban J connectivity index is 1.64. The van der Waals surface area contributed by atoms with Gasteiger partial charge in [-0.1, -0.05) is 47.7 Å². The van der Waals surface area contributed by atoms with Gasteiger partial charge in [-0.05, 0) is 25.3 Å². The molecule has 0 saturated heterocycles. The maximum Gasteiger partial charge on any atom is 0.233 e. The van der Waals surface area contributed by atoms with Crippen molar-refractivity contribution in [2.24, 2.45) is 0 Å². The van der Waals surface area contributed by atoms with Gasteiger partial charge in [0.05, 0.1) is 11.8 Å². The van der Waals surface area contributed by atoms with Gasteiger partial charge in [0.1, 0.15) is 0 Å². The van der Waals surface area contributed by atoms with Crippen molar-refractivity contribution in [3.63, 3.8) is 0 Å². The van der Waals surface area contributed by atoms with Crippen molar-refractivity contribution in [1.29, 1.82) is 0 Å². The van der Waals surface area contributed by atoms with Crippen LogP contribution in [-0.2, 0) is 11.3 Å². The number of thiophene rings is 1. The molecule has 25 heavy (non-hydrogen) atoms. The maximum absolute atomic E-state index is 12.2. The lowest BCUT2D eigenvalue weighted by Crippen LogP contribution is -2.30. The molecule has 0 fully saturated rings. The van der Waals surface area contributed by atoms with E-state index in [2.05, 4.69) is 15.5 Å². The van der Waals surface area contributed by atoms with Crippen LogP contribution in [0.4, 0.5) is 0 Å². The van der Waals surface area contributed by atoms with Gasteiger partial charge in [0, 0.05) is 10.4 Å². The van der Waals surface area contributed by atoms with Gasteiger partial charge in [-0.25, -0.2) is 4.68 Å². The first kappa shape index (κ1) is 17.5. The number of amides is 1. The molecule has 2 aromatic heterocycles. The zero-order valence-electron chi connectivity index (χ0n) is 14.0. The fourth-order valence-corrected chi connectivity index (χ4v) is 3.64. The summed E-state index contributed by atoms with van der Waals surface area (Å²) in [5.41, 5.74) is 2.06. The van der Waals surface area contributed by atoms with Crippen LogP contribution in [0.5, 0.6) is 0 Å². The van der Waals surface area contributed by atoms with E-state index in [0.29, 0.717) is 17.5 Å². The molecule has 0 aliphatic rings. The second kappa shape index (κ2) is 7.71. The van der Waals surface area contributed by atoms with E-state index in [9.17, 15) is 4.79 Å². The number of nitrogen functional groups attached to an aromatic ring is 1. The minimum Gasteiger partial charge on any atom is -0.350 e. The van der Waals surface area contributed by atoms with Gasteiger partial charge in [-0.2, -0.15) is 0 Å². The van der Waals surface area contributed by atoms with Crippen molar-refractivity contribution < 1.29 is 4.79 Å². The summed E-state index contributed by atoms with van der Waals surface area (Å²) in [6.07, 6.45) is 0. The molecular weight excluding hydrogens is 354 g/mol. The van der Waals surface area contributed by atoms with Gasteiger partial charge >= 0.3 is 0 Å². The van der Waals surface area contributed by atoms with Crippen molar-refractivity contribution >= 4 is 29.0 Å². The first-order chi connectivity index (χ1) is 12.0. The molecule has 3 rings (SSSR count). The SMILES string of the molecule is Cc1ccc(-c2nnc(S[C@@H](C)C(=O)NCc3cccs3)n2N)cc1. The van der Waals surface area contributed by atoms with E-state index in [4.69, 9.17) is 5.84 Å². The van der Waals surface area contributed by atoms with Gasteiger partial charge in [0.25, 0.3) is 0 Å². The number of rotatable bonds is 6. The zero-order chi connectivity index (χ0) is 17.8. The normalized spacial score (nSPS) is 12.1. The molecule has 1 aromatic carbocycles. The van der Waals surface area contributed by atoms with Crippen LogP contribution in [0.25, 0.3) is 11.4 Å². The van der Waals surface area contributed by atoms with Crippen LogP contribution in [0.3, 0.4) is 0 Å². The van der Waals surface area contributed by atoms with E-state index in [0.717, 1.165) is 16.0 Å². The average molecular weight is 374 g/mol. The average Bonchev–Trinajstić information content (AvgIpc) is 3.24. The number of nitrogens with zero attached hydrogens (tertiary/aromatic N) is 3. The van der Waals surface area contributed by atoms with Gasteiger partial charge in [0.2, 0.25) is 11.1 Å². The Kier molecular flexibility index (Phi) is 5.40. The highest BCUT2D eigenvalue weighted by atomic mass is 32.2. The number of carbonyl (C=O) groups is 1. The molecule has 0 unspecified atom stereocenters. The van der Waals surface area contributed by atoms with Crippen LogP contribution >= 0.6 is 23.1 Å². The third kappa shape index (κ3) is 4.21. The molecule has 1 amide bonds. The Labute approximate surface area is 154 Å². The number of hydrogen-bond donors (Lipinski definition) is 2. The molecule has 6 nitrogen and oxygen atoms in total. The number of nitrogens with one attached hydrogen (secondary N) is 1. The molecule has 8 heteroatoms. The van der Waals surface area contributed by atoms with Crippen molar-refractivity contribution in [3.8, 4) is 11.4 Å². The predicted octanol–water partition coefficient (Wildman–Crippen LogP) is 2.83. The van der Waals surface area contributed by atoms with Crippen molar-refractivity contribution in [3.05, 3.63) is 52.2 Å². The molecule has 0 bridgehead atoms. The number of aromatic nitrogens is 3. The molecule has 1 atom stereocenters. The Morgan fingerprint density at radius 1 is 1.32 bits per heavy atom. The molecule has 0 radical (unpaired) electrons. The van der Waals surface area contributed by atoms with E-state index < -0.39 is 0 Å². The summed E-state index contributed by atoms with van der Waals surface area (Å²) in [6, 6.07) is 11.9. The Bertz CT molecular complexity index is 843. The highest BCUT2D eigenvalue weighted by Gasteiger charge is 2.19. The van der Waals surface area contributed by atoms with E-state index in [1.165, 1.54) is 16.4 Å². The number of hydrogen-bond acceptors (Lipinski definition) is 6. The Hall–Kier alpha value is -2.32. The van der Waals surface area contributed by atoms with Crippen LogP contribution in [0, 0.1) is 6.92 Å². The largest absolute Gasteiger partial charge is 0.350 e. The highest BCUT2D eigenvalue weighted by molar-refractivity contribution is 8.00. The summed E-state index contributed by atoms with van der Waals surface area (Å²) >= 11 is 2.91. The van der Waals surface area contributed by atoms with Crippen LogP contribution in [-0.4, -0.2) is 26.0 Å². The first-order valence-corrected chi connectivity index (χ1v) is 9.55. The van der Waals surface area contributed by atoms with E-state index in [-0.39, 0.29) is 11.2 Å². The zero-order valence-corrected chi connectivity index (χ0v) is 15.6. The minimum atomic E-state index is -0.322. The second-order valence-corrected chi connectivity index (χ2v) is 7.94. The highest BCUT2D eigenvalue weighted by Crippen LogP contribution is 2.25. The first-order valence-electron chi connectivity index (χ1n) is 7.79. The summed E-state index contributed by atoms with van der Waals surface area (Å²) in [4.78, 5) is 13.4. The molecule has 0 aliphatic carbocycles.